The molecule has 1 aromatic carbocycles. The molecule has 0 fully saturated rings. The predicted molar refractivity (Wildman–Crippen MR) is 92.0 cm³/mol. The highest BCUT2D eigenvalue weighted by Crippen LogP contribution is 2.26. The number of aryl methyl sites for hydroxylation is 1. The summed E-state index contributed by atoms with van der Waals surface area (Å²) < 4.78 is 11.0. The normalized spacial score (nSPS) is 12.5. The van der Waals surface area contributed by atoms with Gasteiger partial charge in [-0.3, -0.25) is 4.79 Å². The van der Waals surface area contributed by atoms with Gasteiger partial charge in [-0.2, -0.15) is 0 Å². The third-order valence-electron chi connectivity index (χ3n) is 3.62. The Morgan fingerprint density at radius 2 is 2.21 bits per heavy atom. The third-order valence-corrected chi connectivity index (χ3v) is 4.43. The van der Waals surface area contributed by atoms with Crippen molar-refractivity contribution in [3.8, 4) is 0 Å². The molecule has 1 amide bonds. The van der Waals surface area contributed by atoms with E-state index in [1.807, 2.05) is 39.0 Å². The summed E-state index contributed by atoms with van der Waals surface area (Å²) >= 11 is 1.38. The molecule has 3 rings (SSSR count). The van der Waals surface area contributed by atoms with Gasteiger partial charge in [0.05, 0.1) is 5.75 Å². The van der Waals surface area contributed by atoms with E-state index >= 15 is 0 Å². The van der Waals surface area contributed by atoms with Crippen molar-refractivity contribution in [1.29, 1.82) is 0 Å². The van der Waals surface area contributed by atoms with Crippen molar-refractivity contribution in [2.75, 3.05) is 0 Å². The van der Waals surface area contributed by atoms with Gasteiger partial charge in [0.1, 0.15) is 11.8 Å². The van der Waals surface area contributed by atoms with E-state index < -0.39 is 0 Å². The van der Waals surface area contributed by atoms with Gasteiger partial charge in [0.15, 0.2) is 11.3 Å². The van der Waals surface area contributed by atoms with Crippen LogP contribution in [-0.2, 0) is 5.75 Å². The monoisotopic (exact) mass is 345 g/mol. The fourth-order valence-corrected chi connectivity index (χ4v) is 2.77. The van der Waals surface area contributed by atoms with Gasteiger partial charge in [-0.1, -0.05) is 24.8 Å². The van der Waals surface area contributed by atoms with Gasteiger partial charge in [0.2, 0.25) is 5.89 Å². The summed E-state index contributed by atoms with van der Waals surface area (Å²) in [6, 6.07) is 5.98. The van der Waals surface area contributed by atoms with Gasteiger partial charge in [-0.25, -0.2) is 9.97 Å². The lowest BCUT2D eigenvalue weighted by Crippen LogP contribution is -2.32. The van der Waals surface area contributed by atoms with E-state index in [0.717, 1.165) is 23.1 Å². The molecule has 126 valence electrons. The highest BCUT2D eigenvalue weighted by molar-refractivity contribution is 7.98. The number of oxazole rings is 2. The Balaban J connectivity index is 1.63. The number of nitrogens with zero attached hydrogens (tertiary/aromatic N) is 2. The van der Waals surface area contributed by atoms with Gasteiger partial charge < -0.3 is 14.2 Å². The van der Waals surface area contributed by atoms with Crippen molar-refractivity contribution in [1.82, 2.24) is 15.3 Å². The SMILES string of the molecule is CCC(C)NC(=O)c1coc(CSc2nc3cc(C)ccc3o2)n1. The van der Waals surface area contributed by atoms with Crippen molar-refractivity contribution in [2.24, 2.45) is 0 Å². The minimum Gasteiger partial charge on any atom is -0.447 e. The maximum Gasteiger partial charge on any atom is 0.273 e. The van der Waals surface area contributed by atoms with Gasteiger partial charge in [-0.05, 0) is 38.0 Å². The number of benzene rings is 1. The second-order valence-corrected chi connectivity index (χ2v) is 6.58. The summed E-state index contributed by atoms with van der Waals surface area (Å²) in [4.78, 5) is 20.6. The number of fused-ring (bicyclic) bond motifs is 1. The number of aromatic nitrogens is 2. The first-order valence-electron chi connectivity index (χ1n) is 7.80. The first kappa shape index (κ1) is 16.6. The number of carbonyl (C=O) groups is 1. The molecule has 6 nitrogen and oxygen atoms in total. The molecule has 1 atom stereocenters. The molecule has 2 aromatic heterocycles. The number of carbonyl (C=O) groups excluding carboxylic acids is 1. The number of amides is 1. The predicted octanol–water partition coefficient (Wildman–Crippen LogP) is 3.94. The summed E-state index contributed by atoms with van der Waals surface area (Å²) in [5, 5.41) is 3.41. The Morgan fingerprint density at radius 1 is 1.38 bits per heavy atom. The minimum atomic E-state index is -0.221. The second kappa shape index (κ2) is 7.09. The Morgan fingerprint density at radius 3 is 3.00 bits per heavy atom. The third kappa shape index (κ3) is 3.79. The Hall–Kier alpha value is -2.28. The van der Waals surface area contributed by atoms with E-state index in [9.17, 15) is 4.79 Å². The Bertz CT molecular complexity index is 856. The van der Waals surface area contributed by atoms with Crippen molar-refractivity contribution in [3.05, 3.63) is 41.6 Å². The summed E-state index contributed by atoms with van der Waals surface area (Å²) in [6.07, 6.45) is 2.24. The van der Waals surface area contributed by atoms with Crippen LogP contribution >= 0.6 is 11.8 Å². The standard InChI is InChI=1S/C17H19N3O3S/c1-4-11(3)18-16(21)13-8-22-15(19-13)9-24-17-20-12-7-10(2)5-6-14(12)23-17/h5-8,11H,4,9H2,1-3H3,(H,18,21). The first-order valence-corrected chi connectivity index (χ1v) is 8.79. The zero-order chi connectivity index (χ0) is 17.1. The maximum absolute atomic E-state index is 12.0. The molecule has 0 saturated carbocycles. The molecule has 0 aliphatic heterocycles. The Labute approximate surface area is 144 Å². The second-order valence-electron chi connectivity index (χ2n) is 5.65. The molecule has 0 aliphatic rings. The van der Waals surface area contributed by atoms with E-state index in [2.05, 4.69) is 15.3 Å². The zero-order valence-corrected chi connectivity index (χ0v) is 14.6. The molecule has 0 bridgehead atoms. The lowest BCUT2D eigenvalue weighted by atomic mass is 10.2. The van der Waals surface area contributed by atoms with Crippen LogP contribution in [0.5, 0.6) is 0 Å². The summed E-state index contributed by atoms with van der Waals surface area (Å²) in [5.41, 5.74) is 3.01. The van der Waals surface area contributed by atoms with Gasteiger partial charge >= 0.3 is 0 Å². The zero-order valence-electron chi connectivity index (χ0n) is 13.8. The van der Waals surface area contributed by atoms with Crippen molar-refractivity contribution >= 4 is 28.8 Å². The minimum absolute atomic E-state index is 0.107. The van der Waals surface area contributed by atoms with E-state index in [1.165, 1.54) is 18.0 Å². The van der Waals surface area contributed by atoms with Crippen LogP contribution in [0.4, 0.5) is 0 Å². The van der Waals surface area contributed by atoms with Crippen molar-refractivity contribution in [2.45, 2.75) is 44.2 Å². The fraction of sp³-hybridized carbons (Fsp3) is 0.353. The van der Waals surface area contributed by atoms with Gasteiger partial charge in [0.25, 0.3) is 11.1 Å². The summed E-state index contributed by atoms with van der Waals surface area (Å²) in [5.74, 6) is 0.692. The van der Waals surface area contributed by atoms with Crippen LogP contribution < -0.4 is 5.32 Å². The van der Waals surface area contributed by atoms with E-state index in [4.69, 9.17) is 8.83 Å². The lowest BCUT2D eigenvalue weighted by molar-refractivity contribution is 0.0934. The highest BCUT2D eigenvalue weighted by atomic mass is 32.2. The molecular weight excluding hydrogens is 326 g/mol. The molecule has 0 aliphatic carbocycles. The largest absolute Gasteiger partial charge is 0.447 e. The van der Waals surface area contributed by atoms with Crippen LogP contribution in [0.2, 0.25) is 0 Å². The molecule has 3 aromatic rings. The fourth-order valence-electron chi connectivity index (χ4n) is 2.08. The molecule has 1 unspecified atom stereocenters. The molecule has 24 heavy (non-hydrogen) atoms. The number of rotatable bonds is 6. The smallest absolute Gasteiger partial charge is 0.273 e. The lowest BCUT2D eigenvalue weighted by Gasteiger charge is -2.08. The molecule has 0 spiro atoms. The van der Waals surface area contributed by atoms with Crippen LogP contribution in [0.25, 0.3) is 11.1 Å². The first-order chi connectivity index (χ1) is 11.5. The quantitative estimate of drug-likeness (QED) is 0.681. The van der Waals surface area contributed by atoms with E-state index in [-0.39, 0.29) is 11.9 Å². The van der Waals surface area contributed by atoms with Crippen LogP contribution in [0.1, 0.15) is 42.2 Å². The number of hydrogen-bond acceptors (Lipinski definition) is 6. The number of thioether (sulfide) groups is 1. The van der Waals surface area contributed by atoms with Crippen molar-refractivity contribution in [3.63, 3.8) is 0 Å². The molecule has 1 N–H and O–H groups in total. The maximum atomic E-state index is 12.0. The van der Waals surface area contributed by atoms with Crippen LogP contribution in [-0.4, -0.2) is 21.9 Å². The topological polar surface area (TPSA) is 81.2 Å². The molecular formula is C17H19N3O3S. The summed E-state index contributed by atoms with van der Waals surface area (Å²) in [7, 11) is 0. The van der Waals surface area contributed by atoms with Crippen molar-refractivity contribution < 1.29 is 13.6 Å². The molecule has 2 heterocycles. The number of hydrogen-bond donors (Lipinski definition) is 1. The van der Waals surface area contributed by atoms with E-state index in [0.29, 0.717) is 22.6 Å². The molecule has 0 saturated heterocycles. The molecule has 7 heteroatoms. The van der Waals surface area contributed by atoms with Crippen LogP contribution in [0.15, 0.2) is 38.5 Å². The van der Waals surface area contributed by atoms with E-state index in [1.54, 1.807) is 0 Å². The number of nitrogens with one attached hydrogen (secondary N) is 1. The van der Waals surface area contributed by atoms with Crippen LogP contribution in [0, 0.1) is 6.92 Å². The van der Waals surface area contributed by atoms with Crippen LogP contribution in [0.3, 0.4) is 0 Å². The Kier molecular flexibility index (Phi) is 4.89. The van der Waals surface area contributed by atoms with Gasteiger partial charge in [0, 0.05) is 6.04 Å². The average Bonchev–Trinajstić information content (AvgIpc) is 3.18. The highest BCUT2D eigenvalue weighted by Gasteiger charge is 2.15. The molecule has 0 radical (unpaired) electrons. The van der Waals surface area contributed by atoms with Gasteiger partial charge in [-0.15, -0.1) is 0 Å². The average molecular weight is 345 g/mol. The summed E-state index contributed by atoms with van der Waals surface area (Å²) in [6.45, 7) is 5.97.